The number of rotatable bonds is 7. The summed E-state index contributed by atoms with van der Waals surface area (Å²) in [5.74, 6) is 2.07. The van der Waals surface area contributed by atoms with Gasteiger partial charge in [-0.1, -0.05) is 36.4 Å². The van der Waals surface area contributed by atoms with Gasteiger partial charge in [0.2, 0.25) is 0 Å². The number of hydrogen-bond donors (Lipinski definition) is 2. The molecule has 1 atom stereocenters. The van der Waals surface area contributed by atoms with Crippen molar-refractivity contribution in [3.05, 3.63) is 59.7 Å². The van der Waals surface area contributed by atoms with Gasteiger partial charge in [-0.3, -0.25) is 0 Å². The molecule has 0 radical (unpaired) electrons. The van der Waals surface area contributed by atoms with E-state index in [1.165, 1.54) is 0 Å². The Hall–Kier alpha value is -2.04. The lowest BCUT2D eigenvalue weighted by Crippen LogP contribution is -2.33. The molecule has 1 fully saturated rings. The van der Waals surface area contributed by atoms with Gasteiger partial charge in [-0.25, -0.2) is 0 Å². The van der Waals surface area contributed by atoms with Crippen LogP contribution in [-0.2, 0) is 6.61 Å². The number of piperidine rings is 1. The number of benzene rings is 2. The van der Waals surface area contributed by atoms with Crippen LogP contribution in [-0.4, -0.2) is 19.7 Å². The highest BCUT2D eigenvalue weighted by Gasteiger charge is 2.22. The Labute approximate surface area is 150 Å². The average Bonchev–Trinajstić information content (AvgIpc) is 2.68. The van der Waals surface area contributed by atoms with E-state index in [9.17, 15) is 0 Å². The van der Waals surface area contributed by atoms with E-state index in [-0.39, 0.29) is 6.04 Å². The predicted molar refractivity (Wildman–Crippen MR) is 101 cm³/mol. The Bertz CT molecular complexity index is 654. The van der Waals surface area contributed by atoms with Gasteiger partial charge in [-0.2, -0.15) is 0 Å². The van der Waals surface area contributed by atoms with Crippen molar-refractivity contribution in [2.45, 2.75) is 32.4 Å². The molecule has 1 saturated heterocycles. The van der Waals surface area contributed by atoms with E-state index in [2.05, 4.69) is 29.6 Å². The first-order valence-electron chi connectivity index (χ1n) is 9.17. The van der Waals surface area contributed by atoms with E-state index in [0.29, 0.717) is 19.1 Å². The molecule has 1 heterocycles. The molecule has 0 spiro atoms. The summed E-state index contributed by atoms with van der Waals surface area (Å²) in [5.41, 5.74) is 8.79. The van der Waals surface area contributed by atoms with E-state index < -0.39 is 0 Å². The zero-order chi connectivity index (χ0) is 17.5. The van der Waals surface area contributed by atoms with Crippen LogP contribution in [0.15, 0.2) is 48.5 Å². The van der Waals surface area contributed by atoms with Gasteiger partial charge < -0.3 is 20.5 Å². The monoisotopic (exact) mass is 340 g/mol. The third kappa shape index (κ3) is 4.74. The van der Waals surface area contributed by atoms with Crippen molar-refractivity contribution in [3.8, 4) is 11.5 Å². The van der Waals surface area contributed by atoms with E-state index in [1.807, 2.05) is 31.2 Å². The van der Waals surface area contributed by atoms with Gasteiger partial charge in [0.15, 0.2) is 11.5 Å². The maximum absolute atomic E-state index is 6.53. The molecule has 25 heavy (non-hydrogen) atoms. The zero-order valence-electron chi connectivity index (χ0n) is 14.9. The highest BCUT2D eigenvalue weighted by Crippen LogP contribution is 2.34. The minimum absolute atomic E-state index is 0.0458. The van der Waals surface area contributed by atoms with Crippen molar-refractivity contribution in [3.63, 3.8) is 0 Å². The molecule has 0 aromatic heterocycles. The molecule has 134 valence electrons. The molecule has 2 aromatic carbocycles. The predicted octanol–water partition coefficient (Wildman–Crippen LogP) is 3.66. The van der Waals surface area contributed by atoms with Crippen molar-refractivity contribution < 1.29 is 9.47 Å². The number of hydrogen-bond acceptors (Lipinski definition) is 4. The van der Waals surface area contributed by atoms with Crippen molar-refractivity contribution in [1.29, 1.82) is 0 Å². The molecule has 0 bridgehead atoms. The van der Waals surface area contributed by atoms with E-state index >= 15 is 0 Å². The van der Waals surface area contributed by atoms with Crippen LogP contribution in [0, 0.1) is 5.92 Å². The zero-order valence-corrected chi connectivity index (χ0v) is 14.9. The van der Waals surface area contributed by atoms with Crippen LogP contribution < -0.4 is 20.5 Å². The van der Waals surface area contributed by atoms with E-state index in [0.717, 1.165) is 48.6 Å². The summed E-state index contributed by atoms with van der Waals surface area (Å²) in [4.78, 5) is 0. The smallest absolute Gasteiger partial charge is 0.161 e. The van der Waals surface area contributed by atoms with Gasteiger partial charge in [0, 0.05) is 6.04 Å². The summed E-state index contributed by atoms with van der Waals surface area (Å²) in [6.07, 6.45) is 2.24. The normalized spacial score (nSPS) is 16.4. The quantitative estimate of drug-likeness (QED) is 0.807. The Morgan fingerprint density at radius 3 is 2.52 bits per heavy atom. The number of ether oxygens (including phenoxy) is 2. The fourth-order valence-electron chi connectivity index (χ4n) is 3.33. The molecule has 1 aliphatic heterocycles. The lowest BCUT2D eigenvalue weighted by molar-refractivity contribution is 0.268. The topological polar surface area (TPSA) is 56.5 Å². The Balaban J connectivity index is 1.72. The minimum atomic E-state index is 0.0458. The Morgan fingerprint density at radius 2 is 1.80 bits per heavy atom. The van der Waals surface area contributed by atoms with Crippen molar-refractivity contribution >= 4 is 0 Å². The number of nitrogens with one attached hydrogen (secondary N) is 1. The van der Waals surface area contributed by atoms with E-state index in [4.69, 9.17) is 15.2 Å². The summed E-state index contributed by atoms with van der Waals surface area (Å²) < 4.78 is 11.8. The molecule has 3 N–H and O–H groups in total. The number of nitrogens with two attached hydrogens (primary N) is 1. The van der Waals surface area contributed by atoms with E-state index in [1.54, 1.807) is 0 Å². The van der Waals surface area contributed by atoms with Gasteiger partial charge in [-0.15, -0.1) is 0 Å². The molecule has 0 aliphatic carbocycles. The Morgan fingerprint density at radius 1 is 1.04 bits per heavy atom. The second kappa shape index (κ2) is 8.88. The molecule has 0 amide bonds. The van der Waals surface area contributed by atoms with Crippen molar-refractivity contribution in [2.75, 3.05) is 19.7 Å². The van der Waals surface area contributed by atoms with Crippen LogP contribution in [0.3, 0.4) is 0 Å². The highest BCUT2D eigenvalue weighted by atomic mass is 16.5. The van der Waals surface area contributed by atoms with Crippen LogP contribution in [0.4, 0.5) is 0 Å². The van der Waals surface area contributed by atoms with Crippen LogP contribution in [0.2, 0.25) is 0 Å². The summed E-state index contributed by atoms with van der Waals surface area (Å²) in [5, 5.41) is 3.39. The standard InChI is InChI=1S/C21H28N2O2/c1-2-24-20-14-18(21(22)17-10-12-23-13-11-17)8-9-19(20)25-15-16-6-4-3-5-7-16/h3-9,14,17,21,23H,2,10-13,15,22H2,1H3/t21-/m1/s1. The first kappa shape index (κ1) is 17.8. The van der Waals surface area contributed by atoms with Crippen LogP contribution in [0.1, 0.15) is 36.9 Å². The summed E-state index contributed by atoms with van der Waals surface area (Å²) in [6.45, 7) is 5.22. The highest BCUT2D eigenvalue weighted by molar-refractivity contribution is 5.44. The Kier molecular flexibility index (Phi) is 6.31. The van der Waals surface area contributed by atoms with Crippen molar-refractivity contribution in [1.82, 2.24) is 5.32 Å². The maximum atomic E-state index is 6.53. The molecule has 4 heteroatoms. The van der Waals surface area contributed by atoms with Gasteiger partial charge in [0.25, 0.3) is 0 Å². The summed E-state index contributed by atoms with van der Waals surface area (Å²) in [6, 6.07) is 16.3. The third-order valence-corrected chi connectivity index (χ3v) is 4.78. The van der Waals surface area contributed by atoms with Crippen molar-refractivity contribution in [2.24, 2.45) is 11.7 Å². The molecule has 3 rings (SSSR count). The van der Waals surface area contributed by atoms with Crippen LogP contribution in [0.25, 0.3) is 0 Å². The molecular formula is C21H28N2O2. The molecule has 4 nitrogen and oxygen atoms in total. The lowest BCUT2D eigenvalue weighted by Gasteiger charge is -2.28. The van der Waals surface area contributed by atoms with Gasteiger partial charge >= 0.3 is 0 Å². The maximum Gasteiger partial charge on any atom is 0.161 e. The third-order valence-electron chi connectivity index (χ3n) is 4.78. The van der Waals surface area contributed by atoms with Gasteiger partial charge in [0.05, 0.1) is 6.61 Å². The summed E-state index contributed by atoms with van der Waals surface area (Å²) >= 11 is 0. The SMILES string of the molecule is CCOc1cc([C@H](N)C2CCNCC2)ccc1OCc1ccccc1. The first-order chi connectivity index (χ1) is 12.3. The molecule has 0 unspecified atom stereocenters. The minimum Gasteiger partial charge on any atom is -0.490 e. The van der Waals surface area contributed by atoms with Crippen LogP contribution in [0.5, 0.6) is 11.5 Å². The first-order valence-corrected chi connectivity index (χ1v) is 9.17. The average molecular weight is 340 g/mol. The molecule has 1 aliphatic rings. The molecule has 2 aromatic rings. The van der Waals surface area contributed by atoms with Gasteiger partial charge in [-0.05, 0) is 62.0 Å². The largest absolute Gasteiger partial charge is 0.490 e. The molecule has 0 saturated carbocycles. The van der Waals surface area contributed by atoms with Crippen LogP contribution >= 0.6 is 0 Å². The second-order valence-electron chi connectivity index (χ2n) is 6.53. The second-order valence-corrected chi connectivity index (χ2v) is 6.53. The lowest BCUT2D eigenvalue weighted by atomic mass is 9.86. The molecular weight excluding hydrogens is 312 g/mol. The fourth-order valence-corrected chi connectivity index (χ4v) is 3.33. The van der Waals surface area contributed by atoms with Gasteiger partial charge in [0.1, 0.15) is 6.61 Å². The fraction of sp³-hybridized carbons (Fsp3) is 0.429. The summed E-state index contributed by atoms with van der Waals surface area (Å²) in [7, 11) is 0.